The number of nitrogens with one attached hydrogen (secondary N) is 1. The van der Waals surface area contributed by atoms with Crippen molar-refractivity contribution < 1.29 is 24.2 Å². The Morgan fingerprint density at radius 1 is 1.32 bits per heavy atom. The number of aliphatic hydroxyl groups excluding tert-OH is 1. The highest BCUT2D eigenvalue weighted by Crippen LogP contribution is 2.63. The number of aliphatic hydroxyl groups is 1. The Kier molecular flexibility index (Phi) is 3.08. The molecule has 1 saturated carbocycles. The number of amides is 2. The predicted molar refractivity (Wildman–Crippen MR) is 77.2 cm³/mol. The molecule has 0 atom stereocenters. The van der Waals surface area contributed by atoms with E-state index in [4.69, 9.17) is 9.47 Å². The summed E-state index contributed by atoms with van der Waals surface area (Å²) in [5, 5.41) is 12.5. The van der Waals surface area contributed by atoms with E-state index < -0.39 is 22.3 Å². The molecular weight excluding hydrogens is 288 g/mol. The summed E-state index contributed by atoms with van der Waals surface area (Å²) in [5.41, 5.74) is -2.18. The summed E-state index contributed by atoms with van der Waals surface area (Å²) < 4.78 is 11.4. The maximum absolute atomic E-state index is 12.1. The Balaban J connectivity index is 1.70. The second-order valence-electron chi connectivity index (χ2n) is 7.89. The van der Waals surface area contributed by atoms with Gasteiger partial charge in [0.1, 0.15) is 11.2 Å². The van der Waals surface area contributed by atoms with Crippen molar-refractivity contribution in [1.82, 2.24) is 10.2 Å². The lowest BCUT2D eigenvalue weighted by atomic mass is 9.60. The average molecular weight is 312 g/mol. The van der Waals surface area contributed by atoms with Crippen molar-refractivity contribution in [3.8, 4) is 0 Å². The Hall–Kier alpha value is -1.34. The number of carbonyl (C=O) groups is 2. The first kappa shape index (κ1) is 15.6. The summed E-state index contributed by atoms with van der Waals surface area (Å²) in [6.45, 7) is 7.63. The highest BCUT2D eigenvalue weighted by Gasteiger charge is 2.78. The van der Waals surface area contributed by atoms with E-state index in [9.17, 15) is 14.7 Å². The average Bonchev–Trinajstić information content (AvgIpc) is 2.68. The van der Waals surface area contributed by atoms with Crippen LogP contribution in [0.1, 0.15) is 40.5 Å². The molecule has 4 rings (SSSR count). The van der Waals surface area contributed by atoms with E-state index in [1.54, 1.807) is 4.90 Å². The van der Waals surface area contributed by atoms with Gasteiger partial charge in [0.25, 0.3) is 0 Å². The van der Waals surface area contributed by atoms with Crippen LogP contribution >= 0.6 is 0 Å². The fourth-order valence-electron chi connectivity index (χ4n) is 4.03. The molecule has 22 heavy (non-hydrogen) atoms. The Bertz CT molecular complexity index is 513. The van der Waals surface area contributed by atoms with Crippen LogP contribution in [0.25, 0.3) is 0 Å². The van der Waals surface area contributed by atoms with E-state index in [0.717, 1.165) is 0 Å². The van der Waals surface area contributed by atoms with E-state index in [0.29, 0.717) is 25.9 Å². The summed E-state index contributed by atoms with van der Waals surface area (Å²) in [7, 11) is 0. The molecule has 3 aliphatic heterocycles. The second kappa shape index (κ2) is 4.35. The molecule has 7 nitrogen and oxygen atoms in total. The van der Waals surface area contributed by atoms with Crippen molar-refractivity contribution in [3.63, 3.8) is 0 Å². The molecule has 2 amide bonds. The van der Waals surface area contributed by atoms with E-state index in [1.807, 2.05) is 20.8 Å². The largest absolute Gasteiger partial charge is 0.444 e. The Labute approximate surface area is 129 Å². The van der Waals surface area contributed by atoms with Gasteiger partial charge >= 0.3 is 6.09 Å². The van der Waals surface area contributed by atoms with Gasteiger partial charge in [0.2, 0.25) is 5.91 Å². The third-order valence-corrected chi connectivity index (χ3v) is 4.78. The molecule has 2 N–H and O–H groups in total. The Morgan fingerprint density at radius 3 is 2.36 bits per heavy atom. The summed E-state index contributed by atoms with van der Waals surface area (Å²) in [6, 6.07) is 0. The van der Waals surface area contributed by atoms with Crippen LogP contribution in [0.5, 0.6) is 0 Å². The third kappa shape index (κ3) is 2.10. The van der Waals surface area contributed by atoms with Crippen molar-refractivity contribution in [1.29, 1.82) is 0 Å². The first-order valence-electron chi connectivity index (χ1n) is 7.62. The summed E-state index contributed by atoms with van der Waals surface area (Å²) in [5.74, 6) is -0.118. The zero-order valence-electron chi connectivity index (χ0n) is 13.6. The first-order valence-corrected chi connectivity index (χ1v) is 7.62. The zero-order valence-corrected chi connectivity index (χ0v) is 13.6. The van der Waals surface area contributed by atoms with E-state index in [2.05, 4.69) is 5.32 Å². The van der Waals surface area contributed by atoms with Gasteiger partial charge in [0, 0.05) is 19.8 Å². The van der Waals surface area contributed by atoms with Crippen LogP contribution in [0.3, 0.4) is 0 Å². The standard InChI is InChI=1S/C15H24N2O5/c1-10(19)16-14-5-13(6-14,9-18)22-15(14)7-17(8-15)11(20)21-12(2,3)4/h18H,5-9H2,1-4H3,(H,16,19). The van der Waals surface area contributed by atoms with Gasteiger partial charge in [-0.3, -0.25) is 4.79 Å². The van der Waals surface area contributed by atoms with Crippen LogP contribution in [-0.2, 0) is 14.3 Å². The highest BCUT2D eigenvalue weighted by molar-refractivity contribution is 5.75. The van der Waals surface area contributed by atoms with Gasteiger partial charge in [0.15, 0.2) is 0 Å². The molecule has 4 fully saturated rings. The van der Waals surface area contributed by atoms with Gasteiger partial charge in [-0.25, -0.2) is 4.79 Å². The fraction of sp³-hybridized carbons (Fsp3) is 0.867. The number of rotatable bonds is 2. The maximum atomic E-state index is 12.1. The summed E-state index contributed by atoms with van der Waals surface area (Å²) in [4.78, 5) is 25.2. The van der Waals surface area contributed by atoms with Crippen LogP contribution in [0.2, 0.25) is 0 Å². The molecule has 0 unspecified atom stereocenters. The van der Waals surface area contributed by atoms with Crippen molar-refractivity contribution in [2.45, 2.75) is 62.9 Å². The van der Waals surface area contributed by atoms with E-state index >= 15 is 0 Å². The lowest BCUT2D eigenvalue weighted by Gasteiger charge is -2.54. The third-order valence-electron chi connectivity index (χ3n) is 4.78. The minimum absolute atomic E-state index is 0.0669. The highest BCUT2D eigenvalue weighted by atomic mass is 16.6. The zero-order chi connectivity index (χ0) is 16.4. The summed E-state index contributed by atoms with van der Waals surface area (Å²) >= 11 is 0. The fourth-order valence-corrected chi connectivity index (χ4v) is 4.03. The van der Waals surface area contributed by atoms with Gasteiger partial charge in [0.05, 0.1) is 30.8 Å². The maximum Gasteiger partial charge on any atom is 0.410 e. The molecule has 0 aromatic carbocycles. The van der Waals surface area contributed by atoms with Gasteiger partial charge in [-0.15, -0.1) is 0 Å². The molecule has 2 bridgehead atoms. The first-order chi connectivity index (χ1) is 10.0. The number of hydrogen-bond donors (Lipinski definition) is 2. The van der Waals surface area contributed by atoms with E-state index in [-0.39, 0.29) is 18.6 Å². The molecule has 3 saturated heterocycles. The number of ether oxygens (including phenoxy) is 2. The van der Waals surface area contributed by atoms with Gasteiger partial charge in [-0.1, -0.05) is 0 Å². The van der Waals surface area contributed by atoms with Crippen LogP contribution in [0, 0.1) is 0 Å². The number of hydrogen-bond acceptors (Lipinski definition) is 5. The lowest BCUT2D eigenvalue weighted by Crippen LogP contribution is -2.77. The van der Waals surface area contributed by atoms with Crippen molar-refractivity contribution >= 4 is 12.0 Å². The van der Waals surface area contributed by atoms with Crippen LogP contribution < -0.4 is 5.32 Å². The number of nitrogens with zero attached hydrogens (tertiary/aromatic N) is 1. The van der Waals surface area contributed by atoms with Crippen LogP contribution in [0.15, 0.2) is 0 Å². The monoisotopic (exact) mass is 312 g/mol. The van der Waals surface area contributed by atoms with Crippen LogP contribution in [0.4, 0.5) is 4.79 Å². The topological polar surface area (TPSA) is 88.1 Å². The van der Waals surface area contributed by atoms with Crippen molar-refractivity contribution in [2.75, 3.05) is 19.7 Å². The minimum atomic E-state index is -0.599. The summed E-state index contributed by atoms with van der Waals surface area (Å²) in [6.07, 6.45) is 0.818. The molecule has 0 aromatic heterocycles. The Morgan fingerprint density at radius 2 is 1.91 bits per heavy atom. The molecule has 4 aliphatic rings. The molecule has 1 spiro atoms. The van der Waals surface area contributed by atoms with Gasteiger partial charge in [-0.2, -0.15) is 0 Å². The van der Waals surface area contributed by atoms with Crippen molar-refractivity contribution in [3.05, 3.63) is 0 Å². The normalized spacial score (nSPS) is 34.9. The minimum Gasteiger partial charge on any atom is -0.444 e. The van der Waals surface area contributed by atoms with E-state index in [1.165, 1.54) is 6.92 Å². The molecule has 124 valence electrons. The molecule has 1 aliphatic carbocycles. The molecule has 3 heterocycles. The SMILES string of the molecule is CC(=O)NC12CC(CO)(C1)OC21CN(C(=O)OC(C)(C)C)C1. The number of likely N-dealkylation sites (tertiary alicyclic amines) is 1. The smallest absolute Gasteiger partial charge is 0.410 e. The molecule has 7 heteroatoms. The second-order valence-corrected chi connectivity index (χ2v) is 7.89. The molecular formula is C15H24N2O5. The number of carbonyl (C=O) groups excluding carboxylic acids is 2. The predicted octanol–water partition coefficient (Wildman–Crippen LogP) is 0.406. The molecule has 0 aromatic rings. The quantitative estimate of drug-likeness (QED) is 0.771. The van der Waals surface area contributed by atoms with Crippen molar-refractivity contribution in [2.24, 2.45) is 0 Å². The molecule has 0 radical (unpaired) electrons. The van der Waals surface area contributed by atoms with Gasteiger partial charge < -0.3 is 24.8 Å². The lowest BCUT2D eigenvalue weighted by molar-refractivity contribution is -0.153. The van der Waals surface area contributed by atoms with Gasteiger partial charge in [-0.05, 0) is 20.8 Å². The van der Waals surface area contributed by atoms with Crippen LogP contribution in [-0.4, -0.2) is 64.0 Å².